The summed E-state index contributed by atoms with van der Waals surface area (Å²) >= 11 is 0. The standard InChI is InChI=1S/C24H20F4N4O2/c1-4-5-13-6-9-16(30-12-13)17-10-18(33)32-21(31-17)19-15(24(26,27)28)8-7-14(20(19)25)11-23(2,3)22(29)34/h6-10,12H,11H2,1-3H3,(H2,29,34)(H,31,32,33). The van der Waals surface area contributed by atoms with E-state index in [0.717, 1.165) is 12.1 Å². The van der Waals surface area contributed by atoms with Crippen molar-refractivity contribution in [3.05, 3.63) is 69.4 Å². The van der Waals surface area contributed by atoms with Gasteiger partial charge in [-0.05, 0) is 37.1 Å². The highest BCUT2D eigenvalue weighted by Gasteiger charge is 2.37. The number of hydrogen-bond donors (Lipinski definition) is 2. The topological polar surface area (TPSA) is 102 Å². The SMILES string of the molecule is CC#Cc1ccc(-c2cc(=O)[nH]c(-c3c(C(F)(F)F)ccc(CC(C)(C)C(N)=O)c3F)n2)nc1. The second kappa shape index (κ2) is 9.09. The number of primary amides is 1. The highest BCUT2D eigenvalue weighted by Crippen LogP contribution is 2.39. The molecule has 0 aliphatic heterocycles. The quantitative estimate of drug-likeness (QED) is 0.432. The fourth-order valence-electron chi connectivity index (χ4n) is 3.26. The summed E-state index contributed by atoms with van der Waals surface area (Å²) in [5.41, 5.74) is 1.60. The Balaban J connectivity index is 2.22. The highest BCUT2D eigenvalue weighted by molar-refractivity contribution is 5.80. The van der Waals surface area contributed by atoms with Crippen LogP contribution in [-0.2, 0) is 17.4 Å². The number of hydrogen-bond acceptors (Lipinski definition) is 4. The van der Waals surface area contributed by atoms with Crippen molar-refractivity contribution in [3.63, 3.8) is 0 Å². The first-order chi connectivity index (χ1) is 15.8. The van der Waals surface area contributed by atoms with Gasteiger partial charge in [0.2, 0.25) is 5.91 Å². The average Bonchev–Trinajstić information content (AvgIpc) is 2.74. The van der Waals surface area contributed by atoms with E-state index in [1.54, 1.807) is 13.0 Å². The maximum absolute atomic E-state index is 15.5. The average molecular weight is 472 g/mol. The molecule has 2 heterocycles. The molecule has 0 fully saturated rings. The van der Waals surface area contributed by atoms with Crippen molar-refractivity contribution >= 4 is 5.91 Å². The molecule has 10 heteroatoms. The Morgan fingerprint density at radius 1 is 1.15 bits per heavy atom. The molecule has 0 aliphatic carbocycles. The Bertz CT molecular complexity index is 1360. The van der Waals surface area contributed by atoms with Crippen molar-refractivity contribution < 1.29 is 22.4 Å². The number of rotatable bonds is 5. The van der Waals surface area contributed by atoms with Gasteiger partial charge in [0, 0.05) is 23.2 Å². The van der Waals surface area contributed by atoms with Crippen LogP contribution in [0, 0.1) is 23.1 Å². The van der Waals surface area contributed by atoms with E-state index in [-0.39, 0.29) is 23.4 Å². The highest BCUT2D eigenvalue weighted by atomic mass is 19.4. The fourth-order valence-corrected chi connectivity index (χ4v) is 3.26. The number of benzene rings is 1. The van der Waals surface area contributed by atoms with Gasteiger partial charge in [0.05, 0.1) is 22.5 Å². The Morgan fingerprint density at radius 2 is 1.85 bits per heavy atom. The number of amides is 1. The zero-order chi connectivity index (χ0) is 25.3. The molecule has 1 aromatic carbocycles. The first-order valence-corrected chi connectivity index (χ1v) is 10.0. The lowest BCUT2D eigenvalue weighted by Crippen LogP contribution is -2.33. The summed E-state index contributed by atoms with van der Waals surface area (Å²) in [6, 6.07) is 5.78. The molecule has 0 radical (unpaired) electrons. The van der Waals surface area contributed by atoms with E-state index in [4.69, 9.17) is 5.73 Å². The summed E-state index contributed by atoms with van der Waals surface area (Å²) in [4.78, 5) is 34.4. The summed E-state index contributed by atoms with van der Waals surface area (Å²) in [7, 11) is 0. The van der Waals surface area contributed by atoms with Gasteiger partial charge >= 0.3 is 6.18 Å². The van der Waals surface area contributed by atoms with Crippen LogP contribution >= 0.6 is 0 Å². The number of nitrogens with zero attached hydrogens (tertiary/aromatic N) is 2. The maximum Gasteiger partial charge on any atom is 0.417 e. The van der Waals surface area contributed by atoms with Gasteiger partial charge in [0.25, 0.3) is 5.56 Å². The third-order valence-corrected chi connectivity index (χ3v) is 5.10. The Kier molecular flexibility index (Phi) is 6.59. The van der Waals surface area contributed by atoms with Crippen LogP contribution in [0.2, 0.25) is 0 Å². The number of alkyl halides is 3. The van der Waals surface area contributed by atoms with Crippen LogP contribution in [0.25, 0.3) is 22.8 Å². The zero-order valence-corrected chi connectivity index (χ0v) is 18.5. The molecule has 176 valence electrons. The van der Waals surface area contributed by atoms with Gasteiger partial charge in [0.1, 0.15) is 11.6 Å². The van der Waals surface area contributed by atoms with Crippen molar-refractivity contribution in [2.45, 2.75) is 33.4 Å². The lowest BCUT2D eigenvalue weighted by Gasteiger charge is -2.22. The largest absolute Gasteiger partial charge is 0.417 e. The van der Waals surface area contributed by atoms with Crippen LogP contribution in [0.1, 0.15) is 37.5 Å². The molecule has 0 saturated carbocycles. The number of H-pyrrole nitrogens is 1. The minimum atomic E-state index is -4.94. The van der Waals surface area contributed by atoms with Crippen molar-refractivity contribution in [2.24, 2.45) is 11.1 Å². The summed E-state index contributed by atoms with van der Waals surface area (Å²) in [6.07, 6.45) is -3.78. The smallest absolute Gasteiger partial charge is 0.369 e. The number of nitrogens with two attached hydrogens (primary N) is 1. The molecular weight excluding hydrogens is 452 g/mol. The lowest BCUT2D eigenvalue weighted by atomic mass is 9.84. The lowest BCUT2D eigenvalue weighted by molar-refractivity contribution is -0.137. The molecule has 3 aromatic rings. The van der Waals surface area contributed by atoms with Crippen molar-refractivity contribution in [1.82, 2.24) is 15.0 Å². The number of aromatic amines is 1. The van der Waals surface area contributed by atoms with Crippen molar-refractivity contribution in [3.8, 4) is 34.6 Å². The Labute approximate surface area is 192 Å². The number of nitrogens with one attached hydrogen (secondary N) is 1. The van der Waals surface area contributed by atoms with E-state index < -0.39 is 45.8 Å². The molecule has 0 spiro atoms. The van der Waals surface area contributed by atoms with E-state index in [9.17, 15) is 22.8 Å². The molecule has 2 aromatic heterocycles. The molecular formula is C24H20F4N4O2. The van der Waals surface area contributed by atoms with E-state index in [1.165, 1.54) is 26.1 Å². The maximum atomic E-state index is 15.5. The van der Waals surface area contributed by atoms with Gasteiger partial charge < -0.3 is 10.7 Å². The molecule has 0 aliphatic rings. The molecule has 3 N–H and O–H groups in total. The van der Waals surface area contributed by atoms with Gasteiger partial charge in [-0.1, -0.05) is 25.8 Å². The number of halogens is 4. The first-order valence-electron chi connectivity index (χ1n) is 10.0. The minimum absolute atomic E-state index is 0.0508. The number of carbonyl (C=O) groups is 1. The molecule has 34 heavy (non-hydrogen) atoms. The fraction of sp³-hybridized carbons (Fsp3) is 0.250. The van der Waals surface area contributed by atoms with Gasteiger partial charge in [-0.2, -0.15) is 13.2 Å². The predicted octanol–water partition coefficient (Wildman–Crippen LogP) is 4.08. The van der Waals surface area contributed by atoms with Crippen LogP contribution in [0.4, 0.5) is 17.6 Å². The van der Waals surface area contributed by atoms with Crippen LogP contribution in [-0.4, -0.2) is 20.9 Å². The third-order valence-electron chi connectivity index (χ3n) is 5.10. The second-order valence-corrected chi connectivity index (χ2v) is 8.17. The summed E-state index contributed by atoms with van der Waals surface area (Å²) < 4.78 is 56.8. The molecule has 1 amide bonds. The van der Waals surface area contributed by atoms with Gasteiger partial charge in [0.15, 0.2) is 0 Å². The summed E-state index contributed by atoms with van der Waals surface area (Å²) in [5.74, 6) is 2.87. The van der Waals surface area contributed by atoms with Crippen LogP contribution in [0.15, 0.2) is 41.3 Å². The molecule has 0 atom stereocenters. The second-order valence-electron chi connectivity index (χ2n) is 8.17. The molecule has 0 saturated heterocycles. The zero-order valence-electron chi connectivity index (χ0n) is 18.5. The number of carbonyl (C=O) groups excluding carboxylic acids is 1. The summed E-state index contributed by atoms with van der Waals surface area (Å²) in [5, 5.41) is 0. The van der Waals surface area contributed by atoms with Crippen molar-refractivity contribution in [2.75, 3.05) is 0 Å². The van der Waals surface area contributed by atoms with Crippen molar-refractivity contribution in [1.29, 1.82) is 0 Å². The van der Waals surface area contributed by atoms with Crippen LogP contribution in [0.3, 0.4) is 0 Å². The molecule has 0 unspecified atom stereocenters. The van der Waals surface area contributed by atoms with E-state index in [0.29, 0.717) is 11.6 Å². The number of pyridine rings is 1. The normalized spacial score (nSPS) is 11.6. The number of aromatic nitrogens is 3. The molecule has 6 nitrogen and oxygen atoms in total. The Hall–Kier alpha value is -4.00. The first kappa shape index (κ1) is 24.6. The van der Waals surface area contributed by atoms with Crippen LogP contribution < -0.4 is 11.3 Å². The third kappa shape index (κ3) is 5.14. The van der Waals surface area contributed by atoms with Gasteiger partial charge in [-0.3, -0.25) is 14.6 Å². The van der Waals surface area contributed by atoms with Gasteiger partial charge in [-0.15, -0.1) is 5.92 Å². The predicted molar refractivity (Wildman–Crippen MR) is 118 cm³/mol. The minimum Gasteiger partial charge on any atom is -0.369 e. The van der Waals surface area contributed by atoms with E-state index in [1.807, 2.05) is 0 Å². The van der Waals surface area contributed by atoms with E-state index in [2.05, 4.69) is 26.8 Å². The van der Waals surface area contributed by atoms with E-state index >= 15 is 4.39 Å². The van der Waals surface area contributed by atoms with Crippen LogP contribution in [0.5, 0.6) is 0 Å². The molecule has 0 bridgehead atoms. The van der Waals surface area contributed by atoms with Gasteiger partial charge in [-0.25, -0.2) is 9.37 Å². The Morgan fingerprint density at radius 3 is 2.41 bits per heavy atom. The molecule has 3 rings (SSSR count). The monoisotopic (exact) mass is 472 g/mol. The summed E-state index contributed by atoms with van der Waals surface area (Å²) in [6.45, 7) is 4.54.